The van der Waals surface area contributed by atoms with Gasteiger partial charge in [0.1, 0.15) is 11.9 Å². The van der Waals surface area contributed by atoms with Crippen LogP contribution in [0.2, 0.25) is 5.02 Å². The van der Waals surface area contributed by atoms with E-state index in [0.717, 1.165) is 0 Å². The summed E-state index contributed by atoms with van der Waals surface area (Å²) >= 11 is 5.56. The molecule has 6 heteroatoms. The lowest BCUT2D eigenvalue weighted by Crippen LogP contribution is -2.37. The van der Waals surface area contributed by atoms with Crippen molar-refractivity contribution in [1.29, 1.82) is 0 Å². The number of carboxylic acid groups (broad SMARTS) is 1. The predicted molar refractivity (Wildman–Crippen MR) is 56.7 cm³/mol. The minimum absolute atomic E-state index is 0.0366. The number of aliphatic carboxylic acids is 1. The first-order valence-corrected chi connectivity index (χ1v) is 5.13. The van der Waals surface area contributed by atoms with Crippen LogP contribution in [-0.4, -0.2) is 23.7 Å². The number of rotatable bonds is 2. The minimum atomic E-state index is -0.967. The van der Waals surface area contributed by atoms with Crippen LogP contribution < -0.4 is 10.9 Å². The van der Waals surface area contributed by atoms with Gasteiger partial charge in [0.05, 0.1) is 5.02 Å². The lowest BCUT2D eigenvalue weighted by molar-refractivity contribution is -0.139. The Balaban J connectivity index is 2.29. The van der Waals surface area contributed by atoms with Gasteiger partial charge < -0.3 is 5.11 Å². The first-order valence-electron chi connectivity index (χ1n) is 4.75. The highest BCUT2D eigenvalue weighted by Crippen LogP contribution is 2.25. The summed E-state index contributed by atoms with van der Waals surface area (Å²) in [5, 5.41) is 8.98. The van der Waals surface area contributed by atoms with E-state index in [-0.39, 0.29) is 10.9 Å². The fraction of sp³-hybridized carbons (Fsp3) is 0.300. The monoisotopic (exact) mass is 244 g/mol. The number of halogens is 2. The van der Waals surface area contributed by atoms with E-state index in [1.54, 1.807) is 6.07 Å². The standard InChI is InChI=1S/C10H10ClFN2O2/c11-7-2-1-5(3-8(7)12)6-4-13-14-9(6)10(15)16/h1-3,6,9,13-14H,4H2,(H,15,16). The molecule has 0 aliphatic carbocycles. The molecule has 4 nitrogen and oxygen atoms in total. The molecule has 0 saturated carbocycles. The third-order valence-corrected chi connectivity index (χ3v) is 2.93. The zero-order valence-corrected chi connectivity index (χ0v) is 8.96. The first kappa shape index (κ1) is 11.3. The number of nitrogens with one attached hydrogen (secondary N) is 2. The predicted octanol–water partition coefficient (Wildman–Crippen LogP) is 1.12. The Hall–Kier alpha value is -1.17. The molecule has 86 valence electrons. The van der Waals surface area contributed by atoms with Crippen LogP contribution in [0.4, 0.5) is 4.39 Å². The zero-order chi connectivity index (χ0) is 11.7. The third-order valence-electron chi connectivity index (χ3n) is 2.62. The Morgan fingerprint density at radius 2 is 2.31 bits per heavy atom. The van der Waals surface area contributed by atoms with E-state index in [1.807, 2.05) is 0 Å². The summed E-state index contributed by atoms with van der Waals surface area (Å²) in [4.78, 5) is 10.9. The van der Waals surface area contributed by atoms with E-state index in [9.17, 15) is 9.18 Å². The van der Waals surface area contributed by atoms with E-state index < -0.39 is 17.8 Å². The summed E-state index contributed by atoms with van der Waals surface area (Å²) in [6, 6.07) is 3.60. The highest BCUT2D eigenvalue weighted by atomic mass is 35.5. The van der Waals surface area contributed by atoms with Gasteiger partial charge in [0.2, 0.25) is 0 Å². The molecule has 1 aromatic rings. The molecule has 0 bridgehead atoms. The Morgan fingerprint density at radius 1 is 1.56 bits per heavy atom. The van der Waals surface area contributed by atoms with Crippen molar-refractivity contribution in [2.45, 2.75) is 12.0 Å². The van der Waals surface area contributed by atoms with Crippen LogP contribution in [0.3, 0.4) is 0 Å². The average Bonchev–Trinajstić information content (AvgIpc) is 2.71. The summed E-state index contributed by atoms with van der Waals surface area (Å²) in [5.74, 6) is -1.80. The second-order valence-electron chi connectivity index (χ2n) is 3.62. The SMILES string of the molecule is O=C(O)C1NNCC1c1ccc(Cl)c(F)c1. The highest BCUT2D eigenvalue weighted by molar-refractivity contribution is 6.30. The molecule has 0 aromatic heterocycles. The smallest absolute Gasteiger partial charge is 0.322 e. The first-order chi connectivity index (χ1) is 7.59. The van der Waals surface area contributed by atoms with Crippen molar-refractivity contribution in [2.75, 3.05) is 6.54 Å². The number of carboxylic acids is 1. The number of hydrazine groups is 1. The van der Waals surface area contributed by atoms with Gasteiger partial charge in [0.25, 0.3) is 0 Å². The Morgan fingerprint density at radius 3 is 2.94 bits per heavy atom. The molecule has 0 spiro atoms. The van der Waals surface area contributed by atoms with E-state index >= 15 is 0 Å². The highest BCUT2D eigenvalue weighted by Gasteiger charge is 2.33. The van der Waals surface area contributed by atoms with E-state index in [1.165, 1.54) is 12.1 Å². The molecule has 1 saturated heterocycles. The lowest BCUT2D eigenvalue weighted by Gasteiger charge is -2.14. The van der Waals surface area contributed by atoms with Gasteiger partial charge >= 0.3 is 5.97 Å². The fourth-order valence-corrected chi connectivity index (χ4v) is 1.90. The van der Waals surface area contributed by atoms with Gasteiger partial charge in [-0.25, -0.2) is 9.82 Å². The number of hydrogen-bond acceptors (Lipinski definition) is 3. The summed E-state index contributed by atoms with van der Waals surface area (Å²) in [6.07, 6.45) is 0. The second kappa shape index (κ2) is 4.37. The topological polar surface area (TPSA) is 61.4 Å². The molecule has 1 aliphatic rings. The van der Waals surface area contributed by atoms with E-state index in [4.69, 9.17) is 16.7 Å². The molecule has 0 radical (unpaired) electrons. The van der Waals surface area contributed by atoms with Crippen LogP contribution in [0.15, 0.2) is 18.2 Å². The zero-order valence-electron chi connectivity index (χ0n) is 8.21. The molecule has 1 aliphatic heterocycles. The normalized spacial score (nSPS) is 24.6. The van der Waals surface area contributed by atoms with Gasteiger partial charge in [-0.3, -0.25) is 10.2 Å². The van der Waals surface area contributed by atoms with E-state index in [0.29, 0.717) is 12.1 Å². The van der Waals surface area contributed by atoms with Crippen molar-refractivity contribution < 1.29 is 14.3 Å². The van der Waals surface area contributed by atoms with Gasteiger partial charge in [0.15, 0.2) is 0 Å². The number of benzene rings is 1. The van der Waals surface area contributed by atoms with E-state index in [2.05, 4.69) is 10.9 Å². The summed E-state index contributed by atoms with van der Waals surface area (Å²) in [6.45, 7) is 0.442. The quantitative estimate of drug-likeness (QED) is 0.730. The van der Waals surface area contributed by atoms with Crippen molar-refractivity contribution in [3.8, 4) is 0 Å². The fourth-order valence-electron chi connectivity index (χ4n) is 1.78. The summed E-state index contributed by atoms with van der Waals surface area (Å²) in [5.41, 5.74) is 6.00. The van der Waals surface area contributed by atoms with Crippen molar-refractivity contribution in [2.24, 2.45) is 0 Å². The Bertz CT molecular complexity index is 427. The van der Waals surface area contributed by atoms with Crippen molar-refractivity contribution in [3.63, 3.8) is 0 Å². The van der Waals surface area contributed by atoms with Gasteiger partial charge in [-0.15, -0.1) is 0 Å². The Kier molecular flexibility index (Phi) is 3.09. The molecular weight excluding hydrogens is 235 g/mol. The molecule has 0 amide bonds. The molecule has 2 rings (SSSR count). The van der Waals surface area contributed by atoms with Gasteiger partial charge in [-0.05, 0) is 17.7 Å². The van der Waals surface area contributed by atoms with Crippen LogP contribution in [0.1, 0.15) is 11.5 Å². The molecule has 16 heavy (non-hydrogen) atoms. The maximum Gasteiger partial charge on any atom is 0.322 e. The second-order valence-corrected chi connectivity index (χ2v) is 4.03. The molecule has 3 N–H and O–H groups in total. The molecule has 1 fully saturated rings. The van der Waals surface area contributed by atoms with Crippen molar-refractivity contribution >= 4 is 17.6 Å². The lowest BCUT2D eigenvalue weighted by atomic mass is 9.93. The van der Waals surface area contributed by atoms with Crippen molar-refractivity contribution in [1.82, 2.24) is 10.9 Å². The molecule has 1 heterocycles. The summed E-state index contributed by atoms with van der Waals surface area (Å²) < 4.78 is 13.2. The average molecular weight is 245 g/mol. The van der Waals surface area contributed by atoms with Crippen LogP contribution >= 0.6 is 11.6 Å². The largest absolute Gasteiger partial charge is 0.480 e. The molecule has 2 unspecified atom stereocenters. The van der Waals surface area contributed by atoms with Crippen LogP contribution in [-0.2, 0) is 4.79 Å². The van der Waals surface area contributed by atoms with Gasteiger partial charge in [0, 0.05) is 12.5 Å². The van der Waals surface area contributed by atoms with Crippen LogP contribution in [0.5, 0.6) is 0 Å². The number of hydrogen-bond donors (Lipinski definition) is 3. The number of carbonyl (C=O) groups is 1. The van der Waals surface area contributed by atoms with Crippen LogP contribution in [0.25, 0.3) is 0 Å². The molecule has 2 atom stereocenters. The molecular formula is C10H10ClFN2O2. The van der Waals surface area contributed by atoms with Crippen LogP contribution in [0, 0.1) is 5.82 Å². The van der Waals surface area contributed by atoms with Gasteiger partial charge in [-0.2, -0.15) is 0 Å². The third kappa shape index (κ3) is 2.02. The Labute approximate surface area is 96.4 Å². The van der Waals surface area contributed by atoms with Crippen molar-refractivity contribution in [3.05, 3.63) is 34.6 Å². The molecule has 1 aromatic carbocycles. The maximum atomic E-state index is 13.2. The maximum absolute atomic E-state index is 13.2. The van der Waals surface area contributed by atoms with Gasteiger partial charge in [-0.1, -0.05) is 17.7 Å². The summed E-state index contributed by atoms with van der Waals surface area (Å²) in [7, 11) is 0. The minimum Gasteiger partial charge on any atom is -0.480 e.